The molecule has 5 nitrogen and oxygen atoms in total. The molecule has 0 bridgehead atoms. The van der Waals surface area contributed by atoms with Crippen LogP contribution >= 0.6 is 0 Å². The number of carbonyl (C=O) groups excluding carboxylic acids is 1. The number of methoxy groups -OCH3 is 1. The molecule has 1 amide bonds. The van der Waals surface area contributed by atoms with Crippen LogP contribution in [0.3, 0.4) is 0 Å². The van der Waals surface area contributed by atoms with E-state index in [1.165, 1.54) is 24.8 Å². The lowest BCUT2D eigenvalue weighted by Crippen LogP contribution is -2.44. The van der Waals surface area contributed by atoms with Crippen LogP contribution in [0.5, 0.6) is 5.75 Å². The van der Waals surface area contributed by atoms with Crippen molar-refractivity contribution in [2.45, 2.75) is 38.1 Å². The number of likely N-dealkylation sites (tertiary alicyclic amines) is 1. The molecule has 2 heterocycles. The largest absolute Gasteiger partial charge is 0.497 e. The Balaban J connectivity index is 1.31. The van der Waals surface area contributed by atoms with Crippen LogP contribution in [0.4, 0.5) is 0 Å². The van der Waals surface area contributed by atoms with E-state index in [9.17, 15) is 4.79 Å². The van der Waals surface area contributed by atoms with Gasteiger partial charge in [0.15, 0.2) is 0 Å². The maximum atomic E-state index is 12.1. The molecule has 0 spiro atoms. The van der Waals surface area contributed by atoms with Crippen molar-refractivity contribution in [2.24, 2.45) is 5.92 Å². The number of piperidine rings is 1. The first-order chi connectivity index (χ1) is 12.2. The maximum absolute atomic E-state index is 12.1. The molecule has 0 aliphatic carbocycles. The quantitative estimate of drug-likeness (QED) is 0.823. The van der Waals surface area contributed by atoms with Crippen LogP contribution in [0.1, 0.15) is 31.2 Å². The smallest absolute Gasteiger partial charge is 0.220 e. The molecule has 1 N–H and O–H groups in total. The Labute approximate surface area is 150 Å². The van der Waals surface area contributed by atoms with Gasteiger partial charge in [0, 0.05) is 25.6 Å². The van der Waals surface area contributed by atoms with Crippen LogP contribution in [0.2, 0.25) is 0 Å². The van der Waals surface area contributed by atoms with E-state index in [-0.39, 0.29) is 5.91 Å². The average Bonchev–Trinajstić information content (AvgIpc) is 3.20. The number of benzene rings is 1. The molecular formula is C20H30N2O3. The van der Waals surface area contributed by atoms with E-state index in [4.69, 9.17) is 9.47 Å². The summed E-state index contributed by atoms with van der Waals surface area (Å²) in [6.07, 6.45) is 4.85. The summed E-state index contributed by atoms with van der Waals surface area (Å²) in [6, 6.07) is 8.55. The lowest BCUT2D eigenvalue weighted by molar-refractivity contribution is -0.121. The fourth-order valence-corrected chi connectivity index (χ4v) is 3.73. The van der Waals surface area contributed by atoms with Crippen molar-refractivity contribution >= 4 is 5.91 Å². The zero-order valence-corrected chi connectivity index (χ0v) is 15.2. The van der Waals surface area contributed by atoms with Crippen LogP contribution in [-0.4, -0.2) is 56.8 Å². The van der Waals surface area contributed by atoms with Crippen molar-refractivity contribution in [3.05, 3.63) is 29.8 Å². The summed E-state index contributed by atoms with van der Waals surface area (Å²) in [5, 5.41) is 3.12. The Morgan fingerprint density at radius 2 is 2.00 bits per heavy atom. The normalized spacial score (nSPS) is 22.0. The zero-order chi connectivity index (χ0) is 17.5. The number of nitrogens with zero attached hydrogens (tertiary/aromatic N) is 1. The van der Waals surface area contributed by atoms with Gasteiger partial charge in [-0.1, -0.05) is 12.1 Å². The van der Waals surface area contributed by atoms with Gasteiger partial charge < -0.3 is 14.8 Å². The number of nitrogens with one attached hydrogen (secondary N) is 1. The average molecular weight is 346 g/mol. The number of rotatable bonds is 7. The highest BCUT2D eigenvalue weighted by molar-refractivity contribution is 5.76. The standard InChI is InChI=1S/C20H30N2O3/c1-24-19-5-2-16(3-6-19)4-7-20(23)21-14-17-8-11-22(12-9-17)18-10-13-25-15-18/h2-3,5-6,17-18H,4,7-15H2,1H3,(H,21,23)/t18-/m1/s1. The molecule has 2 fully saturated rings. The van der Waals surface area contributed by atoms with E-state index in [1.807, 2.05) is 24.3 Å². The van der Waals surface area contributed by atoms with Crippen molar-refractivity contribution in [3.63, 3.8) is 0 Å². The molecule has 1 aromatic rings. The molecule has 5 heteroatoms. The number of aryl methyl sites for hydroxylation is 1. The second-order valence-corrected chi connectivity index (χ2v) is 7.15. The molecule has 0 saturated carbocycles. The summed E-state index contributed by atoms with van der Waals surface area (Å²) in [5.74, 6) is 1.62. The van der Waals surface area contributed by atoms with Crippen molar-refractivity contribution in [2.75, 3.05) is 40.0 Å². The van der Waals surface area contributed by atoms with Gasteiger partial charge in [-0.25, -0.2) is 0 Å². The number of amides is 1. The topological polar surface area (TPSA) is 50.8 Å². The van der Waals surface area contributed by atoms with Crippen LogP contribution in [-0.2, 0) is 16.0 Å². The molecule has 1 atom stereocenters. The van der Waals surface area contributed by atoms with Crippen LogP contribution in [0.25, 0.3) is 0 Å². The Hall–Kier alpha value is -1.59. The number of ether oxygens (including phenoxy) is 2. The Bertz CT molecular complexity index is 532. The SMILES string of the molecule is COc1ccc(CCC(=O)NCC2CCN([C@@H]3CCOC3)CC2)cc1. The Morgan fingerprint density at radius 3 is 2.64 bits per heavy atom. The molecule has 1 aromatic carbocycles. The van der Waals surface area contributed by atoms with E-state index in [0.717, 1.165) is 45.0 Å². The van der Waals surface area contributed by atoms with E-state index in [2.05, 4.69) is 10.2 Å². The van der Waals surface area contributed by atoms with Crippen molar-refractivity contribution in [1.29, 1.82) is 0 Å². The summed E-state index contributed by atoms with van der Waals surface area (Å²) >= 11 is 0. The van der Waals surface area contributed by atoms with Gasteiger partial charge in [-0.05, 0) is 62.4 Å². The van der Waals surface area contributed by atoms with Gasteiger partial charge in [-0.15, -0.1) is 0 Å². The molecule has 0 unspecified atom stereocenters. The number of carbonyl (C=O) groups is 1. The second-order valence-electron chi connectivity index (χ2n) is 7.15. The summed E-state index contributed by atoms with van der Waals surface area (Å²) in [6.45, 7) is 4.90. The van der Waals surface area contributed by atoms with Crippen molar-refractivity contribution < 1.29 is 14.3 Å². The van der Waals surface area contributed by atoms with Gasteiger partial charge >= 0.3 is 0 Å². The Kier molecular flexibility index (Phi) is 6.70. The van der Waals surface area contributed by atoms with Gasteiger partial charge in [-0.3, -0.25) is 9.69 Å². The molecule has 2 saturated heterocycles. The van der Waals surface area contributed by atoms with Crippen molar-refractivity contribution in [3.8, 4) is 5.75 Å². The summed E-state index contributed by atoms with van der Waals surface area (Å²) < 4.78 is 10.6. The van der Waals surface area contributed by atoms with Crippen LogP contribution in [0, 0.1) is 5.92 Å². The fraction of sp³-hybridized carbons (Fsp3) is 0.650. The van der Waals surface area contributed by atoms with Crippen LogP contribution in [0.15, 0.2) is 24.3 Å². The van der Waals surface area contributed by atoms with E-state index >= 15 is 0 Å². The number of hydrogen-bond acceptors (Lipinski definition) is 4. The lowest BCUT2D eigenvalue weighted by atomic mass is 9.95. The second kappa shape index (κ2) is 9.20. The van der Waals surface area contributed by atoms with Crippen LogP contribution < -0.4 is 10.1 Å². The van der Waals surface area contributed by atoms with Gasteiger partial charge in [0.05, 0.1) is 13.7 Å². The molecule has 0 radical (unpaired) electrons. The first-order valence-electron chi connectivity index (χ1n) is 9.46. The monoisotopic (exact) mass is 346 g/mol. The minimum absolute atomic E-state index is 0.155. The third-order valence-electron chi connectivity index (χ3n) is 5.46. The summed E-state index contributed by atoms with van der Waals surface area (Å²) in [4.78, 5) is 14.7. The molecule has 0 aromatic heterocycles. The van der Waals surface area contributed by atoms with E-state index in [0.29, 0.717) is 18.4 Å². The zero-order valence-electron chi connectivity index (χ0n) is 15.2. The highest BCUT2D eigenvalue weighted by Crippen LogP contribution is 2.22. The lowest BCUT2D eigenvalue weighted by Gasteiger charge is -2.35. The van der Waals surface area contributed by atoms with E-state index in [1.54, 1.807) is 7.11 Å². The first-order valence-corrected chi connectivity index (χ1v) is 9.46. The van der Waals surface area contributed by atoms with E-state index < -0.39 is 0 Å². The highest BCUT2D eigenvalue weighted by Gasteiger charge is 2.27. The third kappa shape index (κ3) is 5.44. The minimum Gasteiger partial charge on any atom is -0.497 e. The van der Waals surface area contributed by atoms with Gasteiger partial charge in [-0.2, -0.15) is 0 Å². The maximum Gasteiger partial charge on any atom is 0.220 e. The molecule has 2 aliphatic rings. The molecule has 25 heavy (non-hydrogen) atoms. The minimum atomic E-state index is 0.155. The third-order valence-corrected chi connectivity index (χ3v) is 5.46. The fourth-order valence-electron chi connectivity index (χ4n) is 3.73. The first kappa shape index (κ1) is 18.2. The molecular weight excluding hydrogens is 316 g/mol. The van der Waals surface area contributed by atoms with Gasteiger partial charge in [0.1, 0.15) is 5.75 Å². The predicted molar refractivity (Wildman–Crippen MR) is 97.8 cm³/mol. The molecule has 138 valence electrons. The van der Waals surface area contributed by atoms with Gasteiger partial charge in [0.25, 0.3) is 0 Å². The highest BCUT2D eigenvalue weighted by atomic mass is 16.5. The summed E-state index contributed by atoms with van der Waals surface area (Å²) in [7, 11) is 1.66. The van der Waals surface area contributed by atoms with Crippen molar-refractivity contribution in [1.82, 2.24) is 10.2 Å². The number of hydrogen-bond donors (Lipinski definition) is 1. The Morgan fingerprint density at radius 1 is 1.24 bits per heavy atom. The molecule has 3 rings (SSSR count). The molecule has 2 aliphatic heterocycles. The van der Waals surface area contributed by atoms with Gasteiger partial charge in [0.2, 0.25) is 5.91 Å². The summed E-state index contributed by atoms with van der Waals surface area (Å²) in [5.41, 5.74) is 1.17. The predicted octanol–water partition coefficient (Wildman–Crippen LogP) is 2.24.